The molecule has 1 atom stereocenters. The van der Waals surface area contributed by atoms with E-state index in [9.17, 15) is 13.2 Å². The summed E-state index contributed by atoms with van der Waals surface area (Å²) in [6, 6.07) is 6.16. The summed E-state index contributed by atoms with van der Waals surface area (Å²) in [6.07, 6.45) is 4.72. The standard InChI is InChI=1S/C16H25N3O3S/c1-13(19-9-4-2-3-5-10-19)16(20)18-12-14-7-6-8-15(11-14)23(17,21)22/h6-8,11,13H,2-5,9-10,12H2,1H3,(H,18,20)(H2,17,21,22)/t13-/m0/s1. The maximum absolute atomic E-state index is 12.3. The quantitative estimate of drug-likeness (QED) is 0.843. The molecule has 0 aliphatic carbocycles. The van der Waals surface area contributed by atoms with Crippen LogP contribution >= 0.6 is 0 Å². The number of nitrogens with zero attached hydrogens (tertiary/aromatic N) is 1. The van der Waals surface area contributed by atoms with E-state index >= 15 is 0 Å². The van der Waals surface area contributed by atoms with Crippen molar-refractivity contribution >= 4 is 15.9 Å². The number of benzene rings is 1. The second-order valence-electron chi connectivity index (χ2n) is 6.04. The lowest BCUT2D eigenvalue weighted by Crippen LogP contribution is -2.45. The van der Waals surface area contributed by atoms with Crippen LogP contribution in [-0.4, -0.2) is 38.4 Å². The number of nitrogens with one attached hydrogen (secondary N) is 1. The van der Waals surface area contributed by atoms with Crippen LogP contribution < -0.4 is 10.5 Å². The summed E-state index contributed by atoms with van der Waals surface area (Å²) in [6.45, 7) is 4.12. The molecule has 1 saturated heterocycles. The van der Waals surface area contributed by atoms with E-state index in [0.717, 1.165) is 25.9 Å². The molecule has 7 heteroatoms. The van der Waals surface area contributed by atoms with Gasteiger partial charge in [0.1, 0.15) is 0 Å². The molecule has 23 heavy (non-hydrogen) atoms. The second-order valence-corrected chi connectivity index (χ2v) is 7.60. The third-order valence-corrected chi connectivity index (χ3v) is 5.17. The number of hydrogen-bond donors (Lipinski definition) is 2. The molecule has 0 radical (unpaired) electrons. The fourth-order valence-corrected chi connectivity index (χ4v) is 3.40. The van der Waals surface area contributed by atoms with Crippen LogP contribution in [0, 0.1) is 0 Å². The first kappa shape index (κ1) is 17.9. The van der Waals surface area contributed by atoms with E-state index < -0.39 is 10.0 Å². The van der Waals surface area contributed by atoms with Crippen molar-refractivity contribution in [2.45, 2.75) is 50.1 Å². The highest BCUT2D eigenvalue weighted by Gasteiger charge is 2.21. The largest absolute Gasteiger partial charge is 0.351 e. The molecule has 6 nitrogen and oxygen atoms in total. The monoisotopic (exact) mass is 339 g/mol. The third kappa shape index (κ3) is 5.30. The number of rotatable bonds is 5. The number of primary sulfonamides is 1. The van der Waals surface area contributed by atoms with Crippen LogP contribution in [0.5, 0.6) is 0 Å². The Morgan fingerprint density at radius 1 is 1.26 bits per heavy atom. The molecule has 0 spiro atoms. The van der Waals surface area contributed by atoms with Crippen molar-refractivity contribution in [1.29, 1.82) is 0 Å². The summed E-state index contributed by atoms with van der Waals surface area (Å²) in [5, 5.41) is 8.00. The van der Waals surface area contributed by atoms with Gasteiger partial charge >= 0.3 is 0 Å². The van der Waals surface area contributed by atoms with Crippen LogP contribution in [0.4, 0.5) is 0 Å². The zero-order valence-electron chi connectivity index (χ0n) is 13.5. The first-order valence-electron chi connectivity index (χ1n) is 8.01. The summed E-state index contributed by atoms with van der Waals surface area (Å²) in [4.78, 5) is 14.6. The molecule has 0 aromatic heterocycles. The number of likely N-dealkylation sites (tertiary alicyclic amines) is 1. The number of hydrogen-bond acceptors (Lipinski definition) is 4. The number of nitrogens with two attached hydrogens (primary N) is 1. The Hall–Kier alpha value is -1.44. The van der Waals surface area contributed by atoms with Gasteiger partial charge in [-0.2, -0.15) is 0 Å². The molecule has 1 aliphatic heterocycles. The molecule has 0 bridgehead atoms. The van der Waals surface area contributed by atoms with Gasteiger partial charge in [0.2, 0.25) is 15.9 Å². The molecule has 2 rings (SSSR count). The number of sulfonamides is 1. The van der Waals surface area contributed by atoms with Gasteiger partial charge in [0.15, 0.2) is 0 Å². The van der Waals surface area contributed by atoms with Gasteiger partial charge in [-0.15, -0.1) is 0 Å². The zero-order valence-corrected chi connectivity index (χ0v) is 14.3. The van der Waals surface area contributed by atoms with Crippen molar-refractivity contribution in [3.05, 3.63) is 29.8 Å². The second kappa shape index (κ2) is 7.90. The van der Waals surface area contributed by atoms with Crippen molar-refractivity contribution in [2.75, 3.05) is 13.1 Å². The van der Waals surface area contributed by atoms with Gasteiger partial charge in [-0.25, -0.2) is 13.6 Å². The van der Waals surface area contributed by atoms with E-state index in [1.807, 2.05) is 6.92 Å². The minimum Gasteiger partial charge on any atom is -0.351 e. The SMILES string of the molecule is C[C@@H](C(=O)NCc1cccc(S(N)(=O)=O)c1)N1CCCCCC1. The minimum absolute atomic E-state index is 0.0343. The molecule has 1 aromatic carbocycles. The van der Waals surface area contributed by atoms with Crippen LogP contribution in [0.2, 0.25) is 0 Å². The van der Waals surface area contributed by atoms with Gasteiger partial charge < -0.3 is 5.32 Å². The van der Waals surface area contributed by atoms with E-state index in [1.54, 1.807) is 12.1 Å². The average Bonchev–Trinajstić information content (AvgIpc) is 2.80. The lowest BCUT2D eigenvalue weighted by Gasteiger charge is -2.26. The summed E-state index contributed by atoms with van der Waals surface area (Å²) >= 11 is 0. The van der Waals surface area contributed by atoms with Crippen LogP contribution in [0.25, 0.3) is 0 Å². The van der Waals surface area contributed by atoms with Gasteiger partial charge in [-0.1, -0.05) is 25.0 Å². The lowest BCUT2D eigenvalue weighted by molar-refractivity contribution is -0.126. The summed E-state index contributed by atoms with van der Waals surface area (Å²) in [7, 11) is -3.72. The minimum atomic E-state index is -3.72. The number of carbonyl (C=O) groups excluding carboxylic acids is 1. The van der Waals surface area contributed by atoms with E-state index in [2.05, 4.69) is 10.2 Å². The molecular weight excluding hydrogens is 314 g/mol. The molecule has 128 valence electrons. The Morgan fingerprint density at radius 3 is 2.52 bits per heavy atom. The zero-order chi connectivity index (χ0) is 16.9. The predicted molar refractivity (Wildman–Crippen MR) is 89.2 cm³/mol. The first-order chi connectivity index (χ1) is 10.9. The summed E-state index contributed by atoms with van der Waals surface area (Å²) < 4.78 is 22.7. The third-order valence-electron chi connectivity index (χ3n) is 4.26. The van der Waals surface area contributed by atoms with Gasteiger partial charge in [-0.3, -0.25) is 9.69 Å². The fraction of sp³-hybridized carbons (Fsp3) is 0.562. The van der Waals surface area contributed by atoms with Crippen LogP contribution in [0.15, 0.2) is 29.2 Å². The normalized spacial score (nSPS) is 18.2. The van der Waals surface area contributed by atoms with E-state index in [4.69, 9.17) is 5.14 Å². The Bertz CT molecular complexity index is 638. The highest BCUT2D eigenvalue weighted by Crippen LogP contribution is 2.13. The molecule has 3 N–H and O–H groups in total. The van der Waals surface area contributed by atoms with Crippen LogP contribution in [-0.2, 0) is 21.4 Å². The van der Waals surface area contributed by atoms with E-state index in [1.165, 1.54) is 25.0 Å². The fourth-order valence-electron chi connectivity index (χ4n) is 2.82. The van der Waals surface area contributed by atoms with Gasteiger partial charge in [-0.05, 0) is 50.6 Å². The highest BCUT2D eigenvalue weighted by molar-refractivity contribution is 7.89. The van der Waals surface area contributed by atoms with Gasteiger partial charge in [0.25, 0.3) is 0 Å². The molecule has 1 aliphatic rings. The Labute approximate surface area is 138 Å². The van der Waals surface area contributed by atoms with E-state index in [-0.39, 0.29) is 16.8 Å². The summed E-state index contributed by atoms with van der Waals surface area (Å²) in [5.41, 5.74) is 0.716. The lowest BCUT2D eigenvalue weighted by atomic mass is 10.2. The smallest absolute Gasteiger partial charge is 0.238 e. The molecule has 1 aromatic rings. The summed E-state index contributed by atoms with van der Waals surface area (Å²) in [5.74, 6) is -0.0343. The van der Waals surface area contributed by atoms with Gasteiger partial charge in [0.05, 0.1) is 10.9 Å². The van der Waals surface area contributed by atoms with Gasteiger partial charge in [0, 0.05) is 6.54 Å². The van der Waals surface area contributed by atoms with Crippen molar-refractivity contribution < 1.29 is 13.2 Å². The van der Waals surface area contributed by atoms with E-state index in [0.29, 0.717) is 12.1 Å². The molecular formula is C16H25N3O3S. The predicted octanol–water partition coefficient (Wildman–Crippen LogP) is 1.21. The van der Waals surface area contributed by atoms with Crippen molar-refractivity contribution in [3.8, 4) is 0 Å². The molecule has 1 heterocycles. The maximum Gasteiger partial charge on any atom is 0.238 e. The molecule has 0 unspecified atom stereocenters. The molecule has 1 fully saturated rings. The Morgan fingerprint density at radius 2 is 1.91 bits per heavy atom. The molecule has 0 saturated carbocycles. The number of amides is 1. The van der Waals surface area contributed by atoms with Crippen molar-refractivity contribution in [2.24, 2.45) is 5.14 Å². The highest BCUT2D eigenvalue weighted by atomic mass is 32.2. The topological polar surface area (TPSA) is 92.5 Å². The molecule has 1 amide bonds. The van der Waals surface area contributed by atoms with Crippen molar-refractivity contribution in [3.63, 3.8) is 0 Å². The Kier molecular flexibility index (Phi) is 6.15. The number of carbonyl (C=O) groups is 1. The first-order valence-corrected chi connectivity index (χ1v) is 9.56. The average molecular weight is 339 g/mol. The van der Waals surface area contributed by atoms with Crippen LogP contribution in [0.1, 0.15) is 38.2 Å². The Balaban J connectivity index is 1.93. The van der Waals surface area contributed by atoms with Crippen molar-refractivity contribution in [1.82, 2.24) is 10.2 Å². The van der Waals surface area contributed by atoms with Crippen LogP contribution in [0.3, 0.4) is 0 Å². The maximum atomic E-state index is 12.3.